The van der Waals surface area contributed by atoms with Crippen molar-refractivity contribution in [3.05, 3.63) is 65.5 Å². The summed E-state index contributed by atoms with van der Waals surface area (Å²) in [6.45, 7) is 2.06. The Bertz CT molecular complexity index is 566. The highest BCUT2D eigenvalue weighted by molar-refractivity contribution is 5.39. The molecule has 0 radical (unpaired) electrons. The van der Waals surface area contributed by atoms with Crippen LogP contribution in [0.3, 0.4) is 0 Å². The minimum atomic E-state index is -0.766. The van der Waals surface area contributed by atoms with Crippen LogP contribution in [-0.2, 0) is 12.0 Å². The molecule has 98 valence electrons. The third-order valence-electron chi connectivity index (χ3n) is 4.39. The normalized spacial score (nSPS) is 25.9. The van der Waals surface area contributed by atoms with Crippen LogP contribution in [0.1, 0.15) is 42.4 Å². The lowest BCUT2D eigenvalue weighted by Gasteiger charge is -2.41. The lowest BCUT2D eigenvalue weighted by Crippen LogP contribution is -2.37. The molecule has 1 aromatic heterocycles. The molecule has 1 heterocycles. The van der Waals surface area contributed by atoms with Crippen LogP contribution in [0.15, 0.2) is 48.8 Å². The predicted octanol–water partition coefficient (Wildman–Crippen LogP) is 3.41. The molecule has 0 amide bonds. The Morgan fingerprint density at radius 1 is 1.26 bits per heavy atom. The topological polar surface area (TPSA) is 33.1 Å². The van der Waals surface area contributed by atoms with Crippen LogP contribution >= 0.6 is 0 Å². The van der Waals surface area contributed by atoms with Crippen molar-refractivity contribution in [2.45, 2.75) is 37.7 Å². The van der Waals surface area contributed by atoms with Gasteiger partial charge in [-0.15, -0.1) is 0 Å². The number of benzene rings is 1. The van der Waals surface area contributed by atoms with Gasteiger partial charge in [0, 0.05) is 18.3 Å². The molecule has 1 aromatic carbocycles. The first-order chi connectivity index (χ1) is 9.25. The van der Waals surface area contributed by atoms with Crippen LogP contribution in [0.25, 0.3) is 0 Å². The van der Waals surface area contributed by atoms with Gasteiger partial charge in [-0.2, -0.15) is 0 Å². The molecule has 2 unspecified atom stereocenters. The lowest BCUT2D eigenvalue weighted by molar-refractivity contribution is -0.00694. The monoisotopic (exact) mass is 253 g/mol. The Balaban J connectivity index is 2.10. The lowest BCUT2D eigenvalue weighted by atomic mass is 9.68. The molecule has 1 aliphatic rings. The molecule has 0 spiro atoms. The maximum atomic E-state index is 11.2. The Kier molecular flexibility index (Phi) is 3.11. The van der Waals surface area contributed by atoms with Crippen LogP contribution in [0.4, 0.5) is 0 Å². The minimum Gasteiger partial charge on any atom is -0.385 e. The fourth-order valence-electron chi connectivity index (χ4n) is 3.35. The van der Waals surface area contributed by atoms with Crippen LogP contribution in [-0.4, -0.2) is 10.1 Å². The predicted molar refractivity (Wildman–Crippen MR) is 75.9 cm³/mol. The highest BCUT2D eigenvalue weighted by Crippen LogP contribution is 2.47. The van der Waals surface area contributed by atoms with Gasteiger partial charge >= 0.3 is 0 Å². The van der Waals surface area contributed by atoms with E-state index in [1.54, 1.807) is 6.20 Å². The van der Waals surface area contributed by atoms with E-state index in [1.807, 2.05) is 18.3 Å². The van der Waals surface area contributed by atoms with Crippen molar-refractivity contribution < 1.29 is 5.11 Å². The standard InChI is InChI=1S/C17H19NO/c1-2-17(19)15-8-4-3-6-13(15)9-10-16(17)14-7-5-11-18-12-14/h3-8,11-12,16,19H,2,9-10H2,1H3. The van der Waals surface area contributed by atoms with Gasteiger partial charge < -0.3 is 5.11 Å². The zero-order valence-electron chi connectivity index (χ0n) is 11.2. The Morgan fingerprint density at radius 2 is 2.11 bits per heavy atom. The van der Waals surface area contributed by atoms with Crippen molar-refractivity contribution in [3.8, 4) is 0 Å². The van der Waals surface area contributed by atoms with E-state index >= 15 is 0 Å². The highest BCUT2D eigenvalue weighted by atomic mass is 16.3. The first kappa shape index (κ1) is 12.4. The van der Waals surface area contributed by atoms with Gasteiger partial charge in [0.05, 0.1) is 5.60 Å². The first-order valence-corrected chi connectivity index (χ1v) is 6.96. The number of nitrogens with zero attached hydrogens (tertiary/aromatic N) is 1. The summed E-state index contributed by atoms with van der Waals surface area (Å²) < 4.78 is 0. The van der Waals surface area contributed by atoms with Gasteiger partial charge in [0.25, 0.3) is 0 Å². The van der Waals surface area contributed by atoms with Gasteiger partial charge in [-0.1, -0.05) is 37.3 Å². The number of pyridine rings is 1. The average molecular weight is 253 g/mol. The Labute approximate surface area is 114 Å². The molecule has 1 aliphatic carbocycles. The molecule has 2 aromatic rings. The van der Waals surface area contributed by atoms with Crippen LogP contribution in [0.5, 0.6) is 0 Å². The third-order valence-corrected chi connectivity index (χ3v) is 4.39. The number of aromatic nitrogens is 1. The van der Waals surface area contributed by atoms with E-state index in [2.05, 4.69) is 36.2 Å². The van der Waals surface area contributed by atoms with E-state index < -0.39 is 5.60 Å². The number of rotatable bonds is 2. The van der Waals surface area contributed by atoms with Gasteiger partial charge in [-0.05, 0) is 42.0 Å². The summed E-state index contributed by atoms with van der Waals surface area (Å²) in [5.41, 5.74) is 2.75. The molecule has 0 aliphatic heterocycles. The smallest absolute Gasteiger partial charge is 0.0965 e. The van der Waals surface area contributed by atoms with Gasteiger partial charge in [0.15, 0.2) is 0 Å². The SMILES string of the molecule is CCC1(O)c2ccccc2CCC1c1cccnc1. The fourth-order valence-corrected chi connectivity index (χ4v) is 3.35. The largest absolute Gasteiger partial charge is 0.385 e. The van der Waals surface area contributed by atoms with E-state index in [0.29, 0.717) is 0 Å². The number of aliphatic hydroxyl groups is 1. The zero-order chi connectivity index (χ0) is 13.3. The molecule has 0 saturated carbocycles. The third kappa shape index (κ3) is 1.96. The van der Waals surface area contributed by atoms with Crippen molar-refractivity contribution >= 4 is 0 Å². The summed E-state index contributed by atoms with van der Waals surface area (Å²) in [6.07, 6.45) is 6.40. The van der Waals surface area contributed by atoms with Crippen LogP contribution in [0.2, 0.25) is 0 Å². The van der Waals surface area contributed by atoms with E-state index in [4.69, 9.17) is 0 Å². The molecule has 2 heteroatoms. The molecule has 2 atom stereocenters. The van der Waals surface area contributed by atoms with Crippen molar-refractivity contribution in [2.24, 2.45) is 0 Å². The van der Waals surface area contributed by atoms with Crippen molar-refractivity contribution in [3.63, 3.8) is 0 Å². The average Bonchev–Trinajstić information content (AvgIpc) is 2.49. The van der Waals surface area contributed by atoms with Crippen molar-refractivity contribution in [1.82, 2.24) is 4.98 Å². The van der Waals surface area contributed by atoms with E-state index in [0.717, 1.165) is 30.4 Å². The summed E-state index contributed by atoms with van der Waals surface area (Å²) >= 11 is 0. The second-order valence-corrected chi connectivity index (χ2v) is 5.31. The van der Waals surface area contributed by atoms with Gasteiger partial charge in [0.2, 0.25) is 0 Å². The molecule has 2 nitrogen and oxygen atoms in total. The molecule has 0 fully saturated rings. The maximum Gasteiger partial charge on any atom is 0.0965 e. The summed E-state index contributed by atoms with van der Waals surface area (Å²) in [4.78, 5) is 4.20. The minimum absolute atomic E-state index is 0.140. The number of aryl methyl sites for hydroxylation is 1. The number of fused-ring (bicyclic) bond motifs is 1. The zero-order valence-corrected chi connectivity index (χ0v) is 11.2. The summed E-state index contributed by atoms with van der Waals surface area (Å²) in [7, 11) is 0. The molecule has 19 heavy (non-hydrogen) atoms. The number of hydrogen-bond acceptors (Lipinski definition) is 2. The molecule has 3 rings (SSSR count). The Morgan fingerprint density at radius 3 is 2.84 bits per heavy atom. The number of hydrogen-bond donors (Lipinski definition) is 1. The molecule has 1 N–H and O–H groups in total. The molecule has 0 saturated heterocycles. The van der Waals surface area contributed by atoms with Gasteiger partial charge in [-0.25, -0.2) is 0 Å². The summed E-state index contributed by atoms with van der Waals surface area (Å²) in [6, 6.07) is 12.3. The quantitative estimate of drug-likeness (QED) is 0.889. The van der Waals surface area contributed by atoms with Crippen LogP contribution < -0.4 is 0 Å². The van der Waals surface area contributed by atoms with Crippen molar-refractivity contribution in [2.75, 3.05) is 0 Å². The van der Waals surface area contributed by atoms with Gasteiger partial charge in [-0.3, -0.25) is 4.98 Å². The molecule has 0 bridgehead atoms. The Hall–Kier alpha value is -1.67. The highest BCUT2D eigenvalue weighted by Gasteiger charge is 2.41. The van der Waals surface area contributed by atoms with Gasteiger partial charge in [0.1, 0.15) is 0 Å². The second-order valence-electron chi connectivity index (χ2n) is 5.31. The van der Waals surface area contributed by atoms with E-state index in [-0.39, 0.29) is 5.92 Å². The van der Waals surface area contributed by atoms with Crippen molar-refractivity contribution in [1.29, 1.82) is 0 Å². The summed E-state index contributed by atoms with van der Waals surface area (Å²) in [5.74, 6) is 0.140. The molecular formula is C17H19NO. The van der Waals surface area contributed by atoms with E-state index in [9.17, 15) is 5.11 Å². The maximum absolute atomic E-state index is 11.2. The van der Waals surface area contributed by atoms with E-state index in [1.165, 1.54) is 5.56 Å². The fraction of sp³-hybridized carbons (Fsp3) is 0.353. The first-order valence-electron chi connectivity index (χ1n) is 6.96. The second kappa shape index (κ2) is 4.78. The molecular weight excluding hydrogens is 234 g/mol. The van der Waals surface area contributed by atoms with Crippen LogP contribution in [0, 0.1) is 0 Å². The summed E-state index contributed by atoms with van der Waals surface area (Å²) in [5, 5.41) is 11.2.